The maximum absolute atomic E-state index is 11.8. The topological polar surface area (TPSA) is 67.9 Å². The van der Waals surface area contributed by atoms with E-state index in [-0.39, 0.29) is 25.2 Å². The standard InChI is InChI=1S/C12H12N2O4S/c15-11(4-14-6-19-5-12(14)16)13-8-1-2-9-10(3-8)18-7-17-9/h1-3H,4-7H2,(H,13,15). The lowest BCUT2D eigenvalue weighted by molar-refractivity contribution is -0.130. The quantitative estimate of drug-likeness (QED) is 0.890. The van der Waals surface area contributed by atoms with Gasteiger partial charge in [0, 0.05) is 11.8 Å². The molecule has 0 radical (unpaired) electrons. The molecule has 2 amide bonds. The molecule has 0 aromatic heterocycles. The molecule has 1 saturated heterocycles. The van der Waals surface area contributed by atoms with E-state index in [2.05, 4.69) is 5.32 Å². The zero-order valence-electron chi connectivity index (χ0n) is 10.0. The summed E-state index contributed by atoms with van der Waals surface area (Å²) in [5.74, 6) is 2.11. The van der Waals surface area contributed by atoms with Crippen LogP contribution in [0, 0.1) is 0 Å². The van der Waals surface area contributed by atoms with Gasteiger partial charge >= 0.3 is 0 Å². The number of fused-ring (bicyclic) bond motifs is 1. The Morgan fingerprint density at radius 2 is 2.21 bits per heavy atom. The minimum atomic E-state index is -0.213. The van der Waals surface area contributed by atoms with Crippen molar-refractivity contribution in [3.8, 4) is 11.5 Å². The molecule has 0 spiro atoms. The smallest absolute Gasteiger partial charge is 0.244 e. The second-order valence-corrected chi connectivity index (χ2v) is 5.14. The number of nitrogens with zero attached hydrogens (tertiary/aromatic N) is 1. The van der Waals surface area contributed by atoms with Crippen molar-refractivity contribution in [2.75, 3.05) is 30.3 Å². The molecule has 1 fully saturated rings. The minimum absolute atomic E-state index is 0.00540. The molecular weight excluding hydrogens is 268 g/mol. The molecular formula is C12H12N2O4S. The lowest BCUT2D eigenvalue weighted by atomic mass is 10.2. The van der Waals surface area contributed by atoms with Crippen molar-refractivity contribution >= 4 is 29.3 Å². The fraction of sp³-hybridized carbons (Fsp3) is 0.333. The summed E-state index contributed by atoms with van der Waals surface area (Å²) in [4.78, 5) is 24.8. The summed E-state index contributed by atoms with van der Waals surface area (Å²) in [5, 5.41) is 2.74. The van der Waals surface area contributed by atoms with Crippen LogP contribution in [-0.2, 0) is 9.59 Å². The number of hydrogen-bond donors (Lipinski definition) is 1. The third-order valence-electron chi connectivity index (χ3n) is 2.82. The molecule has 0 saturated carbocycles. The molecule has 1 N–H and O–H groups in total. The van der Waals surface area contributed by atoms with Crippen LogP contribution in [0.15, 0.2) is 18.2 Å². The summed E-state index contributed by atoms with van der Waals surface area (Å²) in [6, 6.07) is 5.20. The highest BCUT2D eigenvalue weighted by molar-refractivity contribution is 8.00. The zero-order chi connectivity index (χ0) is 13.2. The van der Waals surface area contributed by atoms with Crippen LogP contribution < -0.4 is 14.8 Å². The van der Waals surface area contributed by atoms with E-state index in [9.17, 15) is 9.59 Å². The number of hydrogen-bond acceptors (Lipinski definition) is 5. The van der Waals surface area contributed by atoms with Crippen molar-refractivity contribution in [3.05, 3.63) is 18.2 Å². The Labute approximate surface area is 114 Å². The predicted molar refractivity (Wildman–Crippen MR) is 70.2 cm³/mol. The summed E-state index contributed by atoms with van der Waals surface area (Å²) in [6.07, 6.45) is 0. The van der Waals surface area contributed by atoms with Gasteiger partial charge in [-0.2, -0.15) is 0 Å². The molecule has 7 heteroatoms. The lowest BCUT2D eigenvalue weighted by Gasteiger charge is -2.14. The Bertz CT molecular complexity index is 534. The summed E-state index contributed by atoms with van der Waals surface area (Å²) in [7, 11) is 0. The summed E-state index contributed by atoms with van der Waals surface area (Å²) in [6.45, 7) is 0.284. The number of carbonyl (C=O) groups is 2. The molecule has 6 nitrogen and oxygen atoms in total. The predicted octanol–water partition coefficient (Wildman–Crippen LogP) is 0.887. The SMILES string of the molecule is O=C(CN1CSCC1=O)Nc1ccc2c(c1)OCO2. The monoisotopic (exact) mass is 280 g/mol. The number of carbonyl (C=O) groups excluding carboxylic acids is 2. The third kappa shape index (κ3) is 2.60. The normalized spacial score (nSPS) is 16.8. The summed E-state index contributed by atoms with van der Waals surface area (Å²) >= 11 is 1.51. The van der Waals surface area contributed by atoms with E-state index in [1.807, 2.05) is 0 Å². The Morgan fingerprint density at radius 3 is 3.00 bits per heavy atom. The van der Waals surface area contributed by atoms with Gasteiger partial charge in [0.25, 0.3) is 0 Å². The van der Waals surface area contributed by atoms with Gasteiger partial charge in [0.15, 0.2) is 11.5 Å². The van der Waals surface area contributed by atoms with Crippen LogP contribution in [0.5, 0.6) is 11.5 Å². The van der Waals surface area contributed by atoms with Crippen LogP contribution in [-0.4, -0.2) is 41.7 Å². The van der Waals surface area contributed by atoms with Crippen LogP contribution in [0.4, 0.5) is 5.69 Å². The minimum Gasteiger partial charge on any atom is -0.454 e. The molecule has 100 valence electrons. The number of nitrogens with one attached hydrogen (secondary N) is 1. The molecule has 19 heavy (non-hydrogen) atoms. The second kappa shape index (κ2) is 5.00. The molecule has 1 aromatic carbocycles. The van der Waals surface area contributed by atoms with Gasteiger partial charge in [-0.3, -0.25) is 9.59 Å². The van der Waals surface area contributed by atoms with Crippen molar-refractivity contribution < 1.29 is 19.1 Å². The number of thioether (sulfide) groups is 1. The zero-order valence-corrected chi connectivity index (χ0v) is 10.9. The van der Waals surface area contributed by atoms with Crippen molar-refractivity contribution in [2.45, 2.75) is 0 Å². The highest BCUT2D eigenvalue weighted by Gasteiger charge is 2.23. The third-order valence-corrected chi connectivity index (χ3v) is 3.76. The van der Waals surface area contributed by atoms with Crippen LogP contribution in [0.25, 0.3) is 0 Å². The van der Waals surface area contributed by atoms with E-state index in [4.69, 9.17) is 9.47 Å². The Morgan fingerprint density at radius 1 is 1.37 bits per heavy atom. The van der Waals surface area contributed by atoms with Crippen molar-refractivity contribution in [3.63, 3.8) is 0 Å². The molecule has 2 aliphatic heterocycles. The van der Waals surface area contributed by atoms with E-state index in [0.29, 0.717) is 28.8 Å². The molecule has 2 aliphatic rings. The molecule has 1 aromatic rings. The van der Waals surface area contributed by atoms with Crippen LogP contribution in [0.2, 0.25) is 0 Å². The number of anilines is 1. The molecule has 2 heterocycles. The van der Waals surface area contributed by atoms with Crippen molar-refractivity contribution in [2.24, 2.45) is 0 Å². The maximum Gasteiger partial charge on any atom is 0.244 e. The van der Waals surface area contributed by atoms with E-state index < -0.39 is 0 Å². The molecule has 0 unspecified atom stereocenters. The number of amides is 2. The average Bonchev–Trinajstić information content (AvgIpc) is 2.98. The van der Waals surface area contributed by atoms with E-state index in [0.717, 1.165) is 0 Å². The number of ether oxygens (including phenoxy) is 2. The van der Waals surface area contributed by atoms with Crippen molar-refractivity contribution in [1.29, 1.82) is 0 Å². The van der Waals surface area contributed by atoms with Gasteiger partial charge in [-0.05, 0) is 12.1 Å². The van der Waals surface area contributed by atoms with Gasteiger partial charge in [-0.15, -0.1) is 11.8 Å². The number of rotatable bonds is 3. The van der Waals surface area contributed by atoms with E-state index in [1.165, 1.54) is 16.7 Å². The number of benzene rings is 1. The first-order valence-electron chi connectivity index (χ1n) is 5.77. The lowest BCUT2D eigenvalue weighted by Crippen LogP contribution is -2.34. The van der Waals surface area contributed by atoms with Crippen LogP contribution >= 0.6 is 11.8 Å². The highest BCUT2D eigenvalue weighted by Crippen LogP contribution is 2.34. The maximum atomic E-state index is 11.8. The molecule has 0 atom stereocenters. The summed E-state index contributed by atoms with van der Waals surface area (Å²) < 4.78 is 10.4. The first-order valence-corrected chi connectivity index (χ1v) is 6.93. The fourth-order valence-corrected chi connectivity index (χ4v) is 2.79. The van der Waals surface area contributed by atoms with Gasteiger partial charge in [-0.1, -0.05) is 0 Å². The fourth-order valence-electron chi connectivity index (χ4n) is 1.89. The Kier molecular flexibility index (Phi) is 3.20. The average molecular weight is 280 g/mol. The summed E-state index contributed by atoms with van der Waals surface area (Å²) in [5.41, 5.74) is 0.633. The molecule has 3 rings (SSSR count). The van der Waals surface area contributed by atoms with E-state index in [1.54, 1.807) is 18.2 Å². The highest BCUT2D eigenvalue weighted by atomic mass is 32.2. The first-order chi connectivity index (χ1) is 9.22. The van der Waals surface area contributed by atoms with Gasteiger partial charge in [0.2, 0.25) is 18.6 Å². The van der Waals surface area contributed by atoms with E-state index >= 15 is 0 Å². The van der Waals surface area contributed by atoms with Crippen LogP contribution in [0.3, 0.4) is 0 Å². The van der Waals surface area contributed by atoms with Gasteiger partial charge in [0.1, 0.15) is 6.54 Å². The van der Waals surface area contributed by atoms with Crippen LogP contribution in [0.1, 0.15) is 0 Å². The Balaban J connectivity index is 1.61. The molecule has 0 aliphatic carbocycles. The largest absolute Gasteiger partial charge is 0.454 e. The van der Waals surface area contributed by atoms with Crippen molar-refractivity contribution in [1.82, 2.24) is 4.90 Å². The van der Waals surface area contributed by atoms with Gasteiger partial charge in [0.05, 0.1) is 11.6 Å². The molecule has 0 bridgehead atoms. The Hall–Kier alpha value is -1.89. The first kappa shape index (κ1) is 12.2. The second-order valence-electron chi connectivity index (χ2n) is 4.19. The van der Waals surface area contributed by atoms with Gasteiger partial charge in [-0.25, -0.2) is 0 Å². The van der Waals surface area contributed by atoms with Gasteiger partial charge < -0.3 is 19.7 Å².